The molecule has 9 nitrogen and oxygen atoms in total. The van der Waals surface area contributed by atoms with E-state index < -0.39 is 0 Å². The number of hydrogen-bond acceptors (Lipinski definition) is 7. The first-order chi connectivity index (χ1) is 15.0. The average molecular weight is 432 g/mol. The summed E-state index contributed by atoms with van der Waals surface area (Å²) in [6, 6.07) is 0.306. The summed E-state index contributed by atoms with van der Waals surface area (Å²) in [6.07, 6.45) is 5.85. The Kier molecular flexibility index (Phi) is 7.14. The van der Waals surface area contributed by atoms with Crippen molar-refractivity contribution < 1.29 is 19.1 Å². The third kappa shape index (κ3) is 5.39. The van der Waals surface area contributed by atoms with Gasteiger partial charge in [-0.15, -0.1) is 0 Å². The number of rotatable bonds is 7. The predicted octanol–water partition coefficient (Wildman–Crippen LogP) is 0.456. The van der Waals surface area contributed by atoms with Gasteiger partial charge in [0.05, 0.1) is 32.3 Å². The fourth-order valence-electron chi connectivity index (χ4n) is 5.17. The van der Waals surface area contributed by atoms with Gasteiger partial charge in [0.25, 0.3) is 0 Å². The molecule has 0 bridgehead atoms. The van der Waals surface area contributed by atoms with E-state index in [1.165, 1.54) is 6.33 Å². The fraction of sp³-hybridized carbons (Fsp3) is 0.727. The molecule has 3 saturated heterocycles. The van der Waals surface area contributed by atoms with Gasteiger partial charge in [0.15, 0.2) is 0 Å². The van der Waals surface area contributed by atoms with Crippen LogP contribution in [0, 0.1) is 11.8 Å². The number of carbonyl (C=O) groups excluding carboxylic acids is 2. The Labute approximate surface area is 183 Å². The normalized spacial score (nSPS) is 28.7. The fourth-order valence-corrected chi connectivity index (χ4v) is 5.17. The van der Waals surface area contributed by atoms with Crippen LogP contribution in [-0.2, 0) is 25.6 Å². The molecule has 170 valence electrons. The number of aromatic nitrogens is 2. The first kappa shape index (κ1) is 22.1. The highest BCUT2D eigenvalue weighted by Crippen LogP contribution is 2.42. The van der Waals surface area contributed by atoms with Gasteiger partial charge < -0.3 is 19.7 Å². The van der Waals surface area contributed by atoms with Gasteiger partial charge in [-0.2, -0.15) is 0 Å². The van der Waals surface area contributed by atoms with Gasteiger partial charge in [-0.3, -0.25) is 14.5 Å². The Bertz CT molecular complexity index is 756. The summed E-state index contributed by atoms with van der Waals surface area (Å²) in [5, 5.41) is 3.01. The zero-order valence-corrected chi connectivity index (χ0v) is 18.4. The Balaban J connectivity index is 1.46. The minimum atomic E-state index is -0.158. The molecule has 1 N–H and O–H groups in total. The summed E-state index contributed by atoms with van der Waals surface area (Å²) in [5.41, 5.74) is 1.04. The van der Waals surface area contributed by atoms with Crippen LogP contribution >= 0.6 is 0 Å². The molecule has 0 radical (unpaired) electrons. The predicted molar refractivity (Wildman–Crippen MR) is 113 cm³/mol. The van der Waals surface area contributed by atoms with Crippen molar-refractivity contribution in [2.24, 2.45) is 11.8 Å². The van der Waals surface area contributed by atoms with Gasteiger partial charge in [-0.05, 0) is 19.8 Å². The molecule has 2 amide bonds. The number of ether oxygens (including phenoxy) is 2. The molecule has 0 aromatic carbocycles. The van der Waals surface area contributed by atoms with Crippen LogP contribution in [0.2, 0.25) is 0 Å². The van der Waals surface area contributed by atoms with Crippen LogP contribution in [0.1, 0.15) is 32.3 Å². The first-order valence-electron chi connectivity index (χ1n) is 11.3. The molecule has 3 fully saturated rings. The second-order valence-electron chi connectivity index (χ2n) is 9.08. The van der Waals surface area contributed by atoms with Crippen molar-refractivity contribution >= 4 is 11.8 Å². The lowest BCUT2D eigenvalue weighted by molar-refractivity contribution is -0.138. The van der Waals surface area contributed by atoms with E-state index in [9.17, 15) is 9.59 Å². The van der Waals surface area contributed by atoms with E-state index in [0.29, 0.717) is 45.8 Å². The van der Waals surface area contributed by atoms with Crippen molar-refractivity contribution in [2.45, 2.75) is 51.4 Å². The average Bonchev–Trinajstić information content (AvgIpc) is 3.31. The molecular formula is C22H33N5O4. The maximum absolute atomic E-state index is 12.9. The second-order valence-corrected chi connectivity index (χ2v) is 9.08. The van der Waals surface area contributed by atoms with Crippen molar-refractivity contribution in [3.05, 3.63) is 24.3 Å². The monoisotopic (exact) mass is 431 g/mol. The number of amides is 2. The Hall–Kier alpha value is -2.10. The molecule has 4 heterocycles. The molecule has 0 aliphatic carbocycles. The minimum absolute atomic E-state index is 0.0637. The van der Waals surface area contributed by atoms with E-state index in [-0.39, 0.29) is 41.8 Å². The van der Waals surface area contributed by atoms with Crippen molar-refractivity contribution in [1.29, 1.82) is 0 Å². The Morgan fingerprint density at radius 2 is 1.94 bits per heavy atom. The summed E-state index contributed by atoms with van der Waals surface area (Å²) in [6.45, 7) is 8.52. The summed E-state index contributed by atoms with van der Waals surface area (Å²) in [7, 11) is 0. The van der Waals surface area contributed by atoms with Crippen LogP contribution in [0.25, 0.3) is 0 Å². The number of hydrogen-bond donors (Lipinski definition) is 1. The molecule has 3 aliphatic rings. The maximum Gasteiger partial charge on any atom is 0.225 e. The van der Waals surface area contributed by atoms with Crippen LogP contribution in [0.3, 0.4) is 0 Å². The lowest BCUT2D eigenvalue weighted by Gasteiger charge is -2.29. The molecule has 0 saturated carbocycles. The zero-order valence-electron chi connectivity index (χ0n) is 18.4. The van der Waals surface area contributed by atoms with E-state index in [4.69, 9.17) is 9.47 Å². The number of fused-ring (bicyclic) bond motifs is 1. The Morgan fingerprint density at radius 1 is 1.19 bits per heavy atom. The van der Waals surface area contributed by atoms with Crippen molar-refractivity contribution in [3.63, 3.8) is 0 Å². The quantitative estimate of drug-likeness (QED) is 0.670. The van der Waals surface area contributed by atoms with Crippen LogP contribution in [-0.4, -0.2) is 89.2 Å². The molecule has 1 aromatic heterocycles. The highest BCUT2D eigenvalue weighted by atomic mass is 16.5. The van der Waals surface area contributed by atoms with Crippen molar-refractivity contribution in [3.8, 4) is 0 Å². The summed E-state index contributed by atoms with van der Waals surface area (Å²) < 4.78 is 11.5. The molecule has 9 heteroatoms. The highest BCUT2D eigenvalue weighted by molar-refractivity contribution is 5.77. The zero-order chi connectivity index (χ0) is 21.8. The summed E-state index contributed by atoms with van der Waals surface area (Å²) in [4.78, 5) is 37.9. The lowest BCUT2D eigenvalue weighted by Crippen LogP contribution is -2.43. The van der Waals surface area contributed by atoms with Gasteiger partial charge in [-0.25, -0.2) is 9.97 Å². The van der Waals surface area contributed by atoms with Gasteiger partial charge in [0.2, 0.25) is 11.8 Å². The molecule has 31 heavy (non-hydrogen) atoms. The van der Waals surface area contributed by atoms with Gasteiger partial charge in [-0.1, -0.05) is 0 Å². The highest BCUT2D eigenvalue weighted by Gasteiger charge is 2.51. The number of morpholine rings is 1. The van der Waals surface area contributed by atoms with Gasteiger partial charge in [0.1, 0.15) is 6.33 Å². The largest absolute Gasteiger partial charge is 0.378 e. The van der Waals surface area contributed by atoms with E-state index >= 15 is 0 Å². The standard InChI is InChI=1S/C22H33N5O4/c1-15(2)25-20(28)7-17-12-27(11-16-9-23-14-24-10-16)18-13-31-19(22(17)18)8-21(29)26-3-5-30-6-4-26/h9-10,14-15,17-19,22H,3-8,11-13H2,1-2H3,(H,25,28)/t17-,18-,19+,22-/m1/s1. The molecule has 1 aromatic rings. The number of likely N-dealkylation sites (tertiary alicyclic amines) is 1. The van der Waals surface area contributed by atoms with E-state index in [0.717, 1.165) is 18.7 Å². The number of nitrogens with one attached hydrogen (secondary N) is 1. The van der Waals surface area contributed by atoms with Gasteiger partial charge >= 0.3 is 0 Å². The van der Waals surface area contributed by atoms with Crippen LogP contribution in [0.15, 0.2) is 18.7 Å². The smallest absolute Gasteiger partial charge is 0.225 e. The van der Waals surface area contributed by atoms with E-state index in [2.05, 4.69) is 20.2 Å². The molecule has 4 rings (SSSR count). The van der Waals surface area contributed by atoms with E-state index in [1.54, 1.807) is 0 Å². The molecular weight excluding hydrogens is 398 g/mol. The van der Waals surface area contributed by atoms with Gasteiger partial charge in [0, 0.05) is 68.6 Å². The molecule has 4 atom stereocenters. The van der Waals surface area contributed by atoms with Crippen LogP contribution in [0.4, 0.5) is 0 Å². The van der Waals surface area contributed by atoms with Crippen LogP contribution in [0.5, 0.6) is 0 Å². The summed E-state index contributed by atoms with van der Waals surface area (Å²) >= 11 is 0. The minimum Gasteiger partial charge on any atom is -0.378 e. The van der Waals surface area contributed by atoms with E-state index in [1.807, 2.05) is 31.1 Å². The Morgan fingerprint density at radius 3 is 2.65 bits per heavy atom. The number of carbonyl (C=O) groups is 2. The van der Waals surface area contributed by atoms with Crippen molar-refractivity contribution in [1.82, 2.24) is 25.1 Å². The number of nitrogens with zero attached hydrogens (tertiary/aromatic N) is 4. The molecule has 0 spiro atoms. The van der Waals surface area contributed by atoms with Crippen molar-refractivity contribution in [2.75, 3.05) is 39.5 Å². The first-order valence-corrected chi connectivity index (χ1v) is 11.3. The third-order valence-corrected chi connectivity index (χ3v) is 6.47. The summed E-state index contributed by atoms with van der Waals surface area (Å²) in [5.74, 6) is 0.494. The molecule has 0 unspecified atom stereocenters. The second kappa shape index (κ2) is 10.0. The lowest BCUT2D eigenvalue weighted by atomic mass is 9.84. The topological polar surface area (TPSA) is 96.9 Å². The third-order valence-electron chi connectivity index (χ3n) is 6.47. The SMILES string of the molecule is CC(C)NC(=O)C[C@@H]1CN(Cc2cncnc2)[C@@H]2CO[C@@H](CC(=O)N3CCOCC3)[C@H]12. The van der Waals surface area contributed by atoms with Crippen LogP contribution < -0.4 is 5.32 Å². The maximum atomic E-state index is 12.9. The molecule has 3 aliphatic heterocycles.